The Kier molecular flexibility index (Phi) is 49.2. The quantitative estimate of drug-likeness (QED) is 0.0259. The summed E-state index contributed by atoms with van der Waals surface area (Å²) < 4.78 is 17.3. The Morgan fingerprint density at radius 3 is 1.16 bits per heavy atom. The van der Waals surface area contributed by atoms with Crippen LogP contribution in [0.1, 0.15) is 258 Å². The van der Waals surface area contributed by atoms with Gasteiger partial charge in [0.2, 0.25) is 0 Å². The zero-order valence-electron chi connectivity index (χ0n) is 45.7. The molecule has 0 saturated heterocycles. The molecule has 0 aromatic carbocycles. The van der Waals surface area contributed by atoms with E-state index in [0.29, 0.717) is 12.8 Å². The van der Waals surface area contributed by atoms with Crippen LogP contribution in [0.3, 0.4) is 0 Å². The van der Waals surface area contributed by atoms with Gasteiger partial charge in [0.25, 0.3) is 0 Å². The van der Waals surface area contributed by atoms with Crippen LogP contribution in [0, 0.1) is 0 Å². The average molecular weight is 969 g/mol. The van der Waals surface area contributed by atoms with E-state index in [1.165, 1.54) is 154 Å². The molecule has 0 rings (SSSR count). The van der Waals surface area contributed by atoms with Crippen molar-refractivity contribution in [2.45, 2.75) is 270 Å². The van der Waals surface area contributed by atoms with Crippen molar-refractivity contribution in [1.29, 1.82) is 0 Å². The van der Waals surface area contributed by atoms with Gasteiger partial charge in [-0.3, -0.25) is 9.59 Å². The minimum absolute atomic E-state index is 0.0349. The lowest BCUT2D eigenvalue weighted by Crippen LogP contribution is -2.55. The molecule has 0 aromatic rings. The number of hydrogen-bond donors (Lipinski definition) is 0. The number of allylic oxidation sites excluding steroid dienone is 10. The van der Waals surface area contributed by atoms with Gasteiger partial charge in [-0.25, -0.2) is 0 Å². The van der Waals surface area contributed by atoms with Crippen molar-refractivity contribution in [3.8, 4) is 0 Å². The van der Waals surface area contributed by atoms with Crippen molar-refractivity contribution >= 4 is 17.9 Å². The van der Waals surface area contributed by atoms with Gasteiger partial charge in [-0.2, -0.15) is 0 Å². The Bertz CT molecular complexity index is 1310. The molecular weight excluding hydrogens is 859 g/mol. The van der Waals surface area contributed by atoms with Crippen LogP contribution >= 0.6 is 0 Å². The molecule has 0 N–H and O–H groups in total. The SMILES string of the molecule is CCCCC/C=C/C/C=C/C/C=C/CCCCCCCCCCCC(=O)OC(COCCC(C(=O)[O-])[N+](C)(C)C)COC(=O)CCCCCCCCC/C=C/C/C=C/CCCCCCCCCCC. The van der Waals surface area contributed by atoms with Crippen LogP contribution in [0.2, 0.25) is 0 Å². The molecule has 0 aliphatic rings. The Morgan fingerprint density at radius 1 is 0.435 bits per heavy atom. The van der Waals surface area contributed by atoms with Crippen LogP contribution in [0.5, 0.6) is 0 Å². The first kappa shape index (κ1) is 66.0. The van der Waals surface area contributed by atoms with E-state index in [2.05, 4.69) is 74.6 Å². The summed E-state index contributed by atoms with van der Waals surface area (Å²) in [6.07, 6.45) is 65.4. The second kappa shape index (κ2) is 51.4. The molecule has 0 bridgehead atoms. The Balaban J connectivity index is 4.21. The lowest BCUT2D eigenvalue weighted by molar-refractivity contribution is -0.889. The summed E-state index contributed by atoms with van der Waals surface area (Å²) in [6.45, 7) is 4.65. The van der Waals surface area contributed by atoms with Crippen LogP contribution in [0.25, 0.3) is 0 Å². The third-order valence-corrected chi connectivity index (χ3v) is 12.9. The van der Waals surface area contributed by atoms with Crippen molar-refractivity contribution in [3.63, 3.8) is 0 Å². The van der Waals surface area contributed by atoms with E-state index >= 15 is 0 Å². The van der Waals surface area contributed by atoms with Gasteiger partial charge in [0.05, 0.1) is 40.3 Å². The predicted molar refractivity (Wildman–Crippen MR) is 291 cm³/mol. The number of carbonyl (C=O) groups excluding carboxylic acids is 3. The molecule has 0 saturated carbocycles. The lowest BCUT2D eigenvalue weighted by atomic mass is 10.1. The molecule has 2 unspecified atom stereocenters. The molecule has 400 valence electrons. The van der Waals surface area contributed by atoms with Gasteiger partial charge in [-0.1, -0.05) is 216 Å². The van der Waals surface area contributed by atoms with E-state index < -0.39 is 18.1 Å². The number of unbranched alkanes of at least 4 members (excludes halogenated alkanes) is 28. The molecule has 0 radical (unpaired) electrons. The van der Waals surface area contributed by atoms with E-state index in [0.717, 1.165) is 70.6 Å². The van der Waals surface area contributed by atoms with Gasteiger partial charge in [0.15, 0.2) is 6.10 Å². The fourth-order valence-electron chi connectivity index (χ4n) is 8.40. The number of quaternary nitrogens is 1. The molecule has 0 aromatic heterocycles. The molecule has 0 aliphatic carbocycles. The van der Waals surface area contributed by atoms with Gasteiger partial charge in [-0.05, 0) is 83.5 Å². The lowest BCUT2D eigenvalue weighted by Gasteiger charge is -2.34. The topological polar surface area (TPSA) is 102 Å². The maximum atomic E-state index is 12.8. The first-order valence-electron chi connectivity index (χ1n) is 28.8. The summed E-state index contributed by atoms with van der Waals surface area (Å²) in [7, 11) is 5.42. The van der Waals surface area contributed by atoms with Crippen LogP contribution in [-0.2, 0) is 28.6 Å². The summed E-state index contributed by atoms with van der Waals surface area (Å²) in [5, 5.41) is 11.7. The Hall–Kier alpha value is -2.97. The zero-order chi connectivity index (χ0) is 50.6. The van der Waals surface area contributed by atoms with Crippen molar-refractivity contribution in [2.24, 2.45) is 0 Å². The van der Waals surface area contributed by atoms with Crippen molar-refractivity contribution < 1.29 is 38.2 Å². The molecule has 8 nitrogen and oxygen atoms in total. The number of aliphatic carboxylic acids is 1. The standard InChI is InChI=1S/C61H109NO7/c1-6-8-10-12-14-16-18-20-22-24-26-28-30-32-33-35-37-39-41-43-45-47-49-51-59(63)68-56-57(55-67-54-53-58(61(65)66)62(3,4)5)69-60(64)52-50-48-46-44-42-40-38-36-34-31-29-27-25-23-21-19-17-15-13-11-9-7-2/h15,17,21,23,26-29,32-33,57-58H,6-14,16,18-20,22,24-25,30-31,34-56H2,1-5H3/b17-15+,23-21+,28-26+,29-27+,33-32+. The van der Waals surface area contributed by atoms with Gasteiger partial charge >= 0.3 is 11.9 Å². The fraction of sp³-hybridized carbons (Fsp3) is 0.787. The third kappa shape index (κ3) is 49.8. The Morgan fingerprint density at radius 2 is 0.768 bits per heavy atom. The molecule has 0 heterocycles. The van der Waals surface area contributed by atoms with Gasteiger partial charge in [0.1, 0.15) is 12.6 Å². The highest BCUT2D eigenvalue weighted by molar-refractivity contribution is 5.70. The summed E-state index contributed by atoms with van der Waals surface area (Å²) in [5.74, 6) is -1.74. The van der Waals surface area contributed by atoms with E-state index in [-0.39, 0.29) is 42.7 Å². The number of carbonyl (C=O) groups is 3. The van der Waals surface area contributed by atoms with Crippen molar-refractivity contribution in [2.75, 3.05) is 41.0 Å². The van der Waals surface area contributed by atoms with E-state index in [9.17, 15) is 19.5 Å². The molecule has 8 heteroatoms. The Labute approximate surface area is 426 Å². The maximum absolute atomic E-state index is 12.8. The minimum Gasteiger partial charge on any atom is -0.544 e. The predicted octanol–water partition coefficient (Wildman–Crippen LogP) is 15.9. The summed E-state index contributed by atoms with van der Waals surface area (Å²) >= 11 is 0. The van der Waals surface area contributed by atoms with Crippen molar-refractivity contribution in [1.82, 2.24) is 0 Å². The smallest absolute Gasteiger partial charge is 0.306 e. The summed E-state index contributed by atoms with van der Waals surface area (Å²) in [6, 6.07) is -0.731. The number of carboxylic acids is 1. The number of carboxylic acid groups (broad SMARTS) is 1. The molecule has 2 atom stereocenters. The highest BCUT2D eigenvalue weighted by Gasteiger charge is 2.25. The summed E-state index contributed by atoms with van der Waals surface area (Å²) in [4.78, 5) is 37.2. The van der Waals surface area contributed by atoms with Crippen LogP contribution in [-0.4, -0.2) is 75.5 Å². The molecule has 69 heavy (non-hydrogen) atoms. The summed E-state index contributed by atoms with van der Waals surface area (Å²) in [5.41, 5.74) is 0. The molecule has 0 aliphatic heterocycles. The highest BCUT2D eigenvalue weighted by atomic mass is 16.6. The number of esters is 2. The number of ether oxygens (including phenoxy) is 3. The average Bonchev–Trinajstić information content (AvgIpc) is 3.31. The van der Waals surface area contributed by atoms with Gasteiger partial charge in [0, 0.05) is 19.3 Å². The molecule has 0 amide bonds. The second-order valence-electron chi connectivity index (χ2n) is 20.5. The first-order chi connectivity index (χ1) is 33.6. The number of rotatable bonds is 52. The highest BCUT2D eigenvalue weighted by Crippen LogP contribution is 2.15. The zero-order valence-corrected chi connectivity index (χ0v) is 45.7. The first-order valence-corrected chi connectivity index (χ1v) is 28.8. The number of hydrogen-bond acceptors (Lipinski definition) is 7. The van der Waals surface area contributed by atoms with E-state index in [1.54, 1.807) is 21.1 Å². The normalized spacial score (nSPS) is 13.2. The second-order valence-corrected chi connectivity index (χ2v) is 20.5. The van der Waals surface area contributed by atoms with Gasteiger partial charge in [-0.15, -0.1) is 0 Å². The monoisotopic (exact) mass is 968 g/mol. The van der Waals surface area contributed by atoms with E-state index in [4.69, 9.17) is 14.2 Å². The van der Waals surface area contributed by atoms with Crippen molar-refractivity contribution in [3.05, 3.63) is 60.8 Å². The van der Waals surface area contributed by atoms with Crippen LogP contribution in [0.4, 0.5) is 0 Å². The largest absolute Gasteiger partial charge is 0.544 e. The third-order valence-electron chi connectivity index (χ3n) is 12.9. The molecule has 0 fully saturated rings. The van der Waals surface area contributed by atoms with Crippen LogP contribution in [0.15, 0.2) is 60.8 Å². The fourth-order valence-corrected chi connectivity index (χ4v) is 8.40. The number of likely N-dealkylation sites (N-methyl/N-ethyl adjacent to an activating group) is 1. The number of nitrogens with zero attached hydrogens (tertiary/aromatic N) is 1. The molecular formula is C61H109NO7. The van der Waals surface area contributed by atoms with Crippen LogP contribution < -0.4 is 5.11 Å². The van der Waals surface area contributed by atoms with Gasteiger partial charge < -0.3 is 28.6 Å². The minimum atomic E-state index is -1.13. The maximum Gasteiger partial charge on any atom is 0.306 e. The van der Waals surface area contributed by atoms with E-state index in [1.807, 2.05) is 0 Å². The molecule has 0 spiro atoms.